The molecule has 0 radical (unpaired) electrons. The molecule has 0 saturated carbocycles. The molecule has 0 aliphatic heterocycles. The van der Waals surface area contributed by atoms with Gasteiger partial charge in [-0.2, -0.15) is 0 Å². The van der Waals surface area contributed by atoms with Crippen LogP contribution in [0.3, 0.4) is 0 Å². The number of aryl methyl sites for hydroxylation is 1. The molecule has 0 unspecified atom stereocenters. The van der Waals surface area contributed by atoms with Gasteiger partial charge in [-0.15, -0.1) is 0 Å². The maximum atomic E-state index is 13.2. The number of thiazole rings is 1. The van der Waals surface area contributed by atoms with Crippen molar-refractivity contribution in [3.63, 3.8) is 0 Å². The molecule has 2 aromatic heterocycles. The summed E-state index contributed by atoms with van der Waals surface area (Å²) < 4.78 is 11.7. The van der Waals surface area contributed by atoms with Crippen LogP contribution in [0.15, 0.2) is 65.3 Å². The van der Waals surface area contributed by atoms with Crippen molar-refractivity contribution in [1.82, 2.24) is 4.98 Å². The Morgan fingerprint density at radius 2 is 1.96 bits per heavy atom. The second kappa shape index (κ2) is 7.25. The van der Waals surface area contributed by atoms with Crippen molar-refractivity contribution in [3.8, 4) is 5.75 Å². The highest BCUT2D eigenvalue weighted by atomic mass is 32.1. The summed E-state index contributed by atoms with van der Waals surface area (Å²) in [6, 6.07) is 16.8. The summed E-state index contributed by atoms with van der Waals surface area (Å²) >= 11 is 1.50. The minimum absolute atomic E-state index is 0.134. The van der Waals surface area contributed by atoms with E-state index >= 15 is 0 Å². The number of hydrogen-bond acceptors (Lipinski definition) is 5. The average Bonchev–Trinajstić information content (AvgIpc) is 3.36. The smallest absolute Gasteiger partial charge is 0.260 e. The second-order valence-corrected chi connectivity index (χ2v) is 7.13. The molecule has 27 heavy (non-hydrogen) atoms. The molecule has 4 aromatic rings. The van der Waals surface area contributed by atoms with Gasteiger partial charge in [0.2, 0.25) is 0 Å². The molecular weight excluding hydrogens is 360 g/mol. The maximum Gasteiger partial charge on any atom is 0.260 e. The van der Waals surface area contributed by atoms with E-state index in [0.29, 0.717) is 28.7 Å². The van der Waals surface area contributed by atoms with Crippen molar-refractivity contribution in [2.24, 2.45) is 0 Å². The summed E-state index contributed by atoms with van der Waals surface area (Å²) in [5.41, 5.74) is 2.58. The molecule has 4 rings (SSSR count). The van der Waals surface area contributed by atoms with Crippen molar-refractivity contribution in [3.05, 3.63) is 77.7 Å². The predicted octanol–water partition coefficient (Wildman–Crippen LogP) is 5.05. The van der Waals surface area contributed by atoms with Crippen LogP contribution in [0.5, 0.6) is 5.75 Å². The van der Waals surface area contributed by atoms with Crippen LogP contribution in [-0.4, -0.2) is 18.0 Å². The lowest BCUT2D eigenvalue weighted by atomic mass is 10.2. The van der Waals surface area contributed by atoms with Gasteiger partial charge in [0.15, 0.2) is 5.13 Å². The molecule has 0 atom stereocenters. The van der Waals surface area contributed by atoms with Crippen LogP contribution in [0.2, 0.25) is 0 Å². The second-order valence-electron chi connectivity index (χ2n) is 6.12. The topological polar surface area (TPSA) is 55.6 Å². The Labute approximate surface area is 160 Å². The first-order valence-corrected chi connectivity index (χ1v) is 9.32. The fourth-order valence-corrected chi connectivity index (χ4v) is 3.91. The molecule has 2 aromatic carbocycles. The van der Waals surface area contributed by atoms with Gasteiger partial charge >= 0.3 is 0 Å². The van der Waals surface area contributed by atoms with Gasteiger partial charge in [-0.3, -0.25) is 9.69 Å². The number of hydrogen-bond donors (Lipinski definition) is 0. The third-order valence-corrected chi connectivity index (χ3v) is 5.36. The molecule has 0 saturated heterocycles. The summed E-state index contributed by atoms with van der Waals surface area (Å²) in [4.78, 5) is 19.6. The zero-order valence-corrected chi connectivity index (χ0v) is 15.8. The van der Waals surface area contributed by atoms with Crippen LogP contribution in [0, 0.1) is 6.92 Å². The molecule has 0 spiro atoms. The third-order valence-electron chi connectivity index (χ3n) is 4.32. The number of fused-ring (bicyclic) bond motifs is 1. The Balaban J connectivity index is 1.75. The van der Waals surface area contributed by atoms with Gasteiger partial charge in [-0.25, -0.2) is 4.98 Å². The molecule has 0 N–H and O–H groups in total. The lowest BCUT2D eigenvalue weighted by Crippen LogP contribution is -2.30. The van der Waals surface area contributed by atoms with Gasteiger partial charge < -0.3 is 9.15 Å². The highest BCUT2D eigenvalue weighted by molar-refractivity contribution is 7.22. The number of methoxy groups -OCH3 is 1. The van der Waals surface area contributed by atoms with Crippen LogP contribution >= 0.6 is 11.3 Å². The number of para-hydroxylation sites is 1. The quantitative estimate of drug-likeness (QED) is 0.487. The van der Waals surface area contributed by atoms with E-state index in [1.807, 2.05) is 37.3 Å². The van der Waals surface area contributed by atoms with E-state index in [2.05, 4.69) is 0 Å². The third kappa shape index (κ3) is 3.44. The van der Waals surface area contributed by atoms with E-state index in [9.17, 15) is 4.79 Å². The largest absolute Gasteiger partial charge is 0.497 e. The Morgan fingerprint density at radius 1 is 1.15 bits per heavy atom. The Hall–Kier alpha value is -3.12. The number of ether oxygens (including phenoxy) is 1. The SMILES string of the molecule is COc1ccc(C(=O)N(Cc2ccco2)c2nc3c(C)cccc3s2)cc1. The number of aromatic nitrogens is 1. The number of carbonyl (C=O) groups is 1. The fraction of sp³-hybridized carbons (Fsp3) is 0.143. The summed E-state index contributed by atoms with van der Waals surface area (Å²) in [6.45, 7) is 2.34. The van der Waals surface area contributed by atoms with Gasteiger partial charge in [0.05, 0.1) is 30.1 Å². The number of carbonyl (C=O) groups excluding carboxylic acids is 1. The van der Waals surface area contributed by atoms with Crippen molar-refractivity contribution in [2.45, 2.75) is 13.5 Å². The van der Waals surface area contributed by atoms with E-state index in [1.165, 1.54) is 11.3 Å². The number of rotatable bonds is 5. The van der Waals surface area contributed by atoms with Gasteiger partial charge in [0.1, 0.15) is 11.5 Å². The zero-order valence-electron chi connectivity index (χ0n) is 15.0. The zero-order chi connectivity index (χ0) is 18.8. The van der Waals surface area contributed by atoms with Crippen molar-refractivity contribution in [1.29, 1.82) is 0 Å². The fourth-order valence-electron chi connectivity index (χ4n) is 2.86. The highest BCUT2D eigenvalue weighted by Gasteiger charge is 2.23. The maximum absolute atomic E-state index is 13.2. The Morgan fingerprint density at radius 3 is 2.63 bits per heavy atom. The van der Waals surface area contributed by atoms with Crippen molar-refractivity contribution >= 4 is 32.6 Å². The average molecular weight is 378 g/mol. The van der Waals surface area contributed by atoms with Crippen LogP contribution in [-0.2, 0) is 6.54 Å². The van der Waals surface area contributed by atoms with E-state index in [-0.39, 0.29) is 5.91 Å². The molecule has 0 aliphatic rings. The van der Waals surface area contributed by atoms with Crippen LogP contribution in [0.4, 0.5) is 5.13 Å². The first-order chi connectivity index (χ1) is 13.2. The monoisotopic (exact) mass is 378 g/mol. The first-order valence-electron chi connectivity index (χ1n) is 8.50. The molecule has 136 valence electrons. The van der Waals surface area contributed by atoms with Crippen LogP contribution in [0.25, 0.3) is 10.2 Å². The normalized spacial score (nSPS) is 10.9. The van der Waals surface area contributed by atoms with E-state index in [4.69, 9.17) is 14.1 Å². The van der Waals surface area contributed by atoms with Gasteiger partial charge in [0, 0.05) is 5.56 Å². The van der Waals surface area contributed by atoms with Gasteiger partial charge in [0.25, 0.3) is 5.91 Å². The number of furan rings is 1. The van der Waals surface area contributed by atoms with Crippen molar-refractivity contribution < 1.29 is 13.9 Å². The number of amides is 1. The van der Waals surface area contributed by atoms with E-state index < -0.39 is 0 Å². The van der Waals surface area contributed by atoms with Gasteiger partial charge in [-0.1, -0.05) is 23.5 Å². The molecular formula is C21H18N2O3S. The van der Waals surface area contributed by atoms with Crippen LogP contribution in [0.1, 0.15) is 21.7 Å². The summed E-state index contributed by atoms with van der Waals surface area (Å²) in [6.07, 6.45) is 1.61. The predicted molar refractivity (Wildman–Crippen MR) is 107 cm³/mol. The number of benzene rings is 2. The lowest BCUT2D eigenvalue weighted by molar-refractivity contribution is 0.0983. The number of anilines is 1. The Kier molecular flexibility index (Phi) is 4.64. The van der Waals surface area contributed by atoms with Crippen LogP contribution < -0.4 is 9.64 Å². The summed E-state index contributed by atoms with van der Waals surface area (Å²) in [7, 11) is 1.60. The first kappa shape index (κ1) is 17.3. The molecule has 2 heterocycles. The molecule has 0 aliphatic carbocycles. The molecule has 0 fully saturated rings. The lowest BCUT2D eigenvalue weighted by Gasteiger charge is -2.19. The Bertz CT molecular complexity index is 1070. The molecule has 6 heteroatoms. The summed E-state index contributed by atoms with van der Waals surface area (Å²) in [5, 5.41) is 0.650. The van der Waals surface area contributed by atoms with Crippen molar-refractivity contribution in [2.75, 3.05) is 12.0 Å². The minimum Gasteiger partial charge on any atom is -0.497 e. The molecule has 0 bridgehead atoms. The highest BCUT2D eigenvalue weighted by Crippen LogP contribution is 2.32. The molecule has 1 amide bonds. The van der Waals surface area contributed by atoms with E-state index in [0.717, 1.165) is 15.8 Å². The van der Waals surface area contributed by atoms with Gasteiger partial charge in [-0.05, 0) is 55.0 Å². The minimum atomic E-state index is -0.134. The van der Waals surface area contributed by atoms with E-state index in [1.54, 1.807) is 42.5 Å². The standard InChI is InChI=1S/C21H18N2O3S/c1-14-5-3-7-18-19(14)22-21(27-18)23(13-17-6-4-12-26-17)20(24)15-8-10-16(25-2)11-9-15/h3-12H,13H2,1-2H3. The molecule has 5 nitrogen and oxygen atoms in total. The summed E-state index contributed by atoms with van der Waals surface area (Å²) in [5.74, 6) is 1.28. The number of nitrogens with zero attached hydrogens (tertiary/aromatic N) is 2.